The first-order valence-corrected chi connectivity index (χ1v) is 16.4. The van der Waals surface area contributed by atoms with E-state index in [0.29, 0.717) is 17.5 Å². The molecule has 0 saturated carbocycles. The van der Waals surface area contributed by atoms with E-state index in [1.165, 1.54) is 32.3 Å². The third-order valence-corrected chi connectivity index (χ3v) is 9.51. The van der Waals surface area contributed by atoms with E-state index in [2.05, 4.69) is 91.0 Å². The summed E-state index contributed by atoms with van der Waals surface area (Å²) in [7, 11) is 0. The highest BCUT2D eigenvalue weighted by Crippen LogP contribution is 2.41. The van der Waals surface area contributed by atoms with Gasteiger partial charge in [-0.05, 0) is 62.1 Å². The average Bonchev–Trinajstić information content (AvgIpc) is 3.57. The number of aromatic nitrogens is 3. The first-order chi connectivity index (χ1) is 24.3. The molecule has 0 amide bonds. The molecule has 228 valence electrons. The fourth-order valence-electron chi connectivity index (χ4n) is 7.18. The van der Waals surface area contributed by atoms with Crippen LogP contribution in [-0.4, -0.2) is 15.0 Å². The van der Waals surface area contributed by atoms with Crippen LogP contribution in [0.1, 0.15) is 0 Å². The molecule has 2 aromatic heterocycles. The van der Waals surface area contributed by atoms with Crippen molar-refractivity contribution in [1.29, 1.82) is 0 Å². The molecule has 0 radical (unpaired) electrons. The Bertz CT molecular complexity index is 2780. The van der Waals surface area contributed by atoms with Gasteiger partial charge in [-0.3, -0.25) is 0 Å². The Hall–Kier alpha value is -6.65. The van der Waals surface area contributed by atoms with Crippen molar-refractivity contribution in [2.24, 2.45) is 0 Å². The number of hydrogen-bond acceptors (Lipinski definition) is 4. The van der Waals surface area contributed by atoms with Crippen molar-refractivity contribution in [2.75, 3.05) is 0 Å². The minimum atomic E-state index is 0.619. The van der Waals surface area contributed by atoms with Gasteiger partial charge >= 0.3 is 0 Å². The zero-order valence-corrected chi connectivity index (χ0v) is 26.3. The minimum absolute atomic E-state index is 0.619. The van der Waals surface area contributed by atoms with Crippen LogP contribution < -0.4 is 0 Å². The van der Waals surface area contributed by atoms with E-state index in [0.717, 1.165) is 49.8 Å². The Labute approximate surface area is 282 Å². The highest BCUT2D eigenvalue weighted by Gasteiger charge is 2.17. The van der Waals surface area contributed by atoms with Gasteiger partial charge in [0.15, 0.2) is 17.5 Å². The Morgan fingerprint density at radius 2 is 0.776 bits per heavy atom. The van der Waals surface area contributed by atoms with Crippen LogP contribution in [-0.2, 0) is 0 Å². The predicted molar refractivity (Wildman–Crippen MR) is 201 cm³/mol. The summed E-state index contributed by atoms with van der Waals surface area (Å²) in [5.41, 5.74) is 6.66. The van der Waals surface area contributed by atoms with Crippen LogP contribution in [0.15, 0.2) is 168 Å². The van der Waals surface area contributed by atoms with Gasteiger partial charge in [0, 0.05) is 33.0 Å². The first kappa shape index (κ1) is 27.5. The Morgan fingerprint density at radius 3 is 1.39 bits per heavy atom. The lowest BCUT2D eigenvalue weighted by molar-refractivity contribution is 0.670. The van der Waals surface area contributed by atoms with E-state index in [-0.39, 0.29) is 0 Å². The molecule has 8 aromatic carbocycles. The van der Waals surface area contributed by atoms with E-state index in [1.807, 2.05) is 72.8 Å². The lowest BCUT2D eigenvalue weighted by atomic mass is 9.92. The number of benzene rings is 8. The number of hydrogen-bond donors (Lipinski definition) is 0. The topological polar surface area (TPSA) is 51.8 Å². The van der Waals surface area contributed by atoms with E-state index in [9.17, 15) is 0 Å². The van der Waals surface area contributed by atoms with Gasteiger partial charge in [-0.15, -0.1) is 0 Å². The molecule has 2 heterocycles. The van der Waals surface area contributed by atoms with Crippen molar-refractivity contribution >= 4 is 54.3 Å². The molecule has 0 unspecified atom stereocenters. The summed E-state index contributed by atoms with van der Waals surface area (Å²) in [4.78, 5) is 14.8. The van der Waals surface area contributed by atoms with Crippen molar-refractivity contribution < 1.29 is 4.42 Å². The van der Waals surface area contributed by atoms with Gasteiger partial charge in [0.1, 0.15) is 11.2 Å². The number of para-hydroxylation sites is 1. The van der Waals surface area contributed by atoms with E-state index in [4.69, 9.17) is 19.4 Å². The highest BCUT2D eigenvalue weighted by molar-refractivity contribution is 6.26. The maximum Gasteiger partial charge on any atom is 0.164 e. The van der Waals surface area contributed by atoms with Crippen LogP contribution in [0, 0.1) is 0 Å². The second-order valence-electron chi connectivity index (χ2n) is 12.4. The van der Waals surface area contributed by atoms with Gasteiger partial charge in [-0.25, -0.2) is 15.0 Å². The summed E-state index contributed by atoms with van der Waals surface area (Å²) in [5, 5.41) is 9.62. The Balaban J connectivity index is 1.14. The smallest absolute Gasteiger partial charge is 0.164 e. The molecule has 0 spiro atoms. The third-order valence-electron chi connectivity index (χ3n) is 9.51. The molecule has 4 nitrogen and oxygen atoms in total. The molecule has 49 heavy (non-hydrogen) atoms. The lowest BCUT2D eigenvalue weighted by Crippen LogP contribution is -2.00. The molecule has 0 aliphatic rings. The van der Waals surface area contributed by atoms with Gasteiger partial charge in [0.25, 0.3) is 0 Å². The SMILES string of the molecule is c1ccc(-c2nc(-c3ccccc3)nc(-c3ccc4oc5c(-c6ccc7c8ccccc8c8ccccc8c7c6)cccc5c4c3)n2)cc1. The van der Waals surface area contributed by atoms with Gasteiger partial charge in [-0.2, -0.15) is 0 Å². The van der Waals surface area contributed by atoms with Crippen LogP contribution in [0.3, 0.4) is 0 Å². The van der Waals surface area contributed by atoms with Crippen molar-refractivity contribution in [3.8, 4) is 45.3 Å². The quantitative estimate of drug-likeness (QED) is 0.183. The zero-order valence-electron chi connectivity index (χ0n) is 26.3. The molecule has 0 fully saturated rings. The molecule has 10 aromatic rings. The molecule has 4 heteroatoms. The average molecular weight is 626 g/mol. The maximum atomic E-state index is 6.63. The Morgan fingerprint density at radius 1 is 0.306 bits per heavy atom. The van der Waals surface area contributed by atoms with Crippen molar-refractivity contribution in [1.82, 2.24) is 15.0 Å². The third kappa shape index (κ3) is 4.49. The molecule has 0 aliphatic heterocycles. The number of rotatable bonds is 4. The van der Waals surface area contributed by atoms with Gasteiger partial charge in [0.05, 0.1) is 0 Å². The molecule has 10 rings (SSSR count). The molecule has 0 N–H and O–H groups in total. The summed E-state index contributed by atoms with van der Waals surface area (Å²) in [6.07, 6.45) is 0. The summed E-state index contributed by atoms with van der Waals surface area (Å²) < 4.78 is 6.63. The Kier molecular flexibility index (Phi) is 6.15. The van der Waals surface area contributed by atoms with Crippen molar-refractivity contribution in [3.63, 3.8) is 0 Å². The predicted octanol–water partition coefficient (Wildman–Crippen LogP) is 11.9. The summed E-state index contributed by atoms with van der Waals surface area (Å²) in [6.45, 7) is 0. The van der Waals surface area contributed by atoms with Crippen LogP contribution in [0.25, 0.3) is 99.5 Å². The maximum absolute atomic E-state index is 6.63. The molecular formula is C45H27N3O. The second kappa shape index (κ2) is 11.0. The molecule has 0 saturated heterocycles. The normalized spacial score (nSPS) is 11.7. The number of fused-ring (bicyclic) bond motifs is 9. The second-order valence-corrected chi connectivity index (χ2v) is 12.4. The zero-order chi connectivity index (χ0) is 32.3. The minimum Gasteiger partial charge on any atom is -0.455 e. The van der Waals surface area contributed by atoms with Crippen LogP contribution >= 0.6 is 0 Å². The summed E-state index contributed by atoms with van der Waals surface area (Å²) in [5.74, 6) is 1.90. The fraction of sp³-hybridized carbons (Fsp3) is 0. The largest absolute Gasteiger partial charge is 0.455 e. The van der Waals surface area contributed by atoms with Crippen LogP contribution in [0.2, 0.25) is 0 Å². The summed E-state index contributed by atoms with van der Waals surface area (Å²) in [6, 6.07) is 56.9. The first-order valence-electron chi connectivity index (χ1n) is 16.4. The highest BCUT2D eigenvalue weighted by atomic mass is 16.3. The number of furan rings is 1. The molecule has 0 atom stereocenters. The van der Waals surface area contributed by atoms with Gasteiger partial charge < -0.3 is 4.42 Å². The molecule has 0 bridgehead atoms. The van der Waals surface area contributed by atoms with Crippen molar-refractivity contribution in [3.05, 3.63) is 164 Å². The fourth-order valence-corrected chi connectivity index (χ4v) is 7.18. The standard InChI is InChI=1S/C45H27N3O/c1-3-12-28(13-4-1)43-46-44(29-14-5-2-6-15-29)48-45(47-43)31-23-25-41-40(27-31)38-21-11-20-32(42(38)49-41)30-22-24-37-35-18-8-7-16-33(35)34-17-9-10-19-36(34)39(37)26-30/h1-27H. The van der Waals surface area contributed by atoms with Crippen LogP contribution in [0.4, 0.5) is 0 Å². The molecule has 0 aliphatic carbocycles. The monoisotopic (exact) mass is 625 g/mol. The van der Waals surface area contributed by atoms with Crippen LogP contribution in [0.5, 0.6) is 0 Å². The van der Waals surface area contributed by atoms with E-state index >= 15 is 0 Å². The van der Waals surface area contributed by atoms with Crippen molar-refractivity contribution in [2.45, 2.75) is 0 Å². The molecular weight excluding hydrogens is 599 g/mol. The van der Waals surface area contributed by atoms with Gasteiger partial charge in [0.2, 0.25) is 0 Å². The van der Waals surface area contributed by atoms with E-state index < -0.39 is 0 Å². The number of nitrogens with zero attached hydrogens (tertiary/aromatic N) is 3. The summed E-state index contributed by atoms with van der Waals surface area (Å²) >= 11 is 0. The van der Waals surface area contributed by atoms with Gasteiger partial charge in [-0.1, -0.05) is 140 Å². The van der Waals surface area contributed by atoms with E-state index in [1.54, 1.807) is 0 Å². The lowest BCUT2D eigenvalue weighted by Gasteiger charge is -2.12.